The van der Waals surface area contributed by atoms with Crippen molar-refractivity contribution in [1.82, 2.24) is 15.1 Å². The summed E-state index contributed by atoms with van der Waals surface area (Å²) in [6.45, 7) is 4.52. The number of halogens is 3. The zero-order valence-electron chi connectivity index (χ0n) is 23.3. The number of hydrogen-bond acceptors (Lipinski definition) is 6. The lowest BCUT2D eigenvalue weighted by molar-refractivity contribution is -0.274. The molecule has 2 aromatic carbocycles. The Hall–Kier alpha value is -3.12. The minimum absolute atomic E-state index is 0.0675. The number of nitrogens with zero attached hydrogens (tertiary/aromatic N) is 2. The van der Waals surface area contributed by atoms with Crippen LogP contribution in [0.4, 0.5) is 13.2 Å². The molecule has 1 saturated carbocycles. The predicted octanol–water partition coefficient (Wildman–Crippen LogP) is 4.27. The van der Waals surface area contributed by atoms with Crippen LogP contribution in [0.1, 0.15) is 49.9 Å². The maximum Gasteiger partial charge on any atom is 0.573 e. The summed E-state index contributed by atoms with van der Waals surface area (Å²) >= 11 is 0. The van der Waals surface area contributed by atoms with Crippen LogP contribution < -0.4 is 10.1 Å². The number of carbonyl (C=O) groups excluding carboxylic acids is 2. The van der Waals surface area contributed by atoms with Crippen LogP contribution in [0.15, 0.2) is 59.5 Å². The summed E-state index contributed by atoms with van der Waals surface area (Å²) in [4.78, 5) is 30.5. The van der Waals surface area contributed by atoms with Crippen molar-refractivity contribution in [2.75, 3.05) is 19.3 Å². The van der Waals surface area contributed by atoms with Gasteiger partial charge in [0.1, 0.15) is 11.8 Å². The van der Waals surface area contributed by atoms with Crippen LogP contribution in [0, 0.1) is 5.92 Å². The van der Waals surface area contributed by atoms with Gasteiger partial charge in [0.25, 0.3) is 5.91 Å². The second-order valence-electron chi connectivity index (χ2n) is 11.1. The van der Waals surface area contributed by atoms with E-state index in [9.17, 15) is 31.2 Å². The highest BCUT2D eigenvalue weighted by atomic mass is 32.2. The summed E-state index contributed by atoms with van der Waals surface area (Å²) in [5, 5.41) is 2.64. The fraction of sp³-hybridized carbons (Fsp3) is 0.517. The van der Waals surface area contributed by atoms with Gasteiger partial charge in [-0.15, -0.1) is 13.2 Å². The van der Waals surface area contributed by atoms with Crippen molar-refractivity contribution in [3.63, 3.8) is 0 Å². The van der Waals surface area contributed by atoms with Crippen LogP contribution in [0.3, 0.4) is 0 Å². The van der Waals surface area contributed by atoms with Crippen LogP contribution in [-0.2, 0) is 14.6 Å². The molecule has 12 heteroatoms. The van der Waals surface area contributed by atoms with Crippen molar-refractivity contribution in [2.45, 2.75) is 75.0 Å². The van der Waals surface area contributed by atoms with Gasteiger partial charge in [-0.3, -0.25) is 9.59 Å². The molecule has 0 radical (unpaired) electrons. The molecule has 0 aromatic heterocycles. The van der Waals surface area contributed by atoms with E-state index in [1.54, 1.807) is 35.2 Å². The molecule has 1 aliphatic heterocycles. The molecule has 1 N–H and O–H groups in total. The molecule has 2 fully saturated rings. The number of carbonyl (C=O) groups is 2. The number of ether oxygens (including phenoxy) is 1. The highest BCUT2D eigenvalue weighted by molar-refractivity contribution is 7.91. The number of rotatable bonds is 9. The molecule has 2 amide bonds. The maximum atomic E-state index is 13.5. The molecule has 0 bridgehead atoms. The highest BCUT2D eigenvalue weighted by Gasteiger charge is 2.44. The van der Waals surface area contributed by atoms with Gasteiger partial charge in [-0.1, -0.05) is 24.3 Å². The second-order valence-corrected chi connectivity index (χ2v) is 13.1. The monoisotopic (exact) mass is 595 g/mol. The molecular formula is C29H36F3N3O5S. The van der Waals surface area contributed by atoms with Gasteiger partial charge in [0, 0.05) is 30.2 Å². The summed E-state index contributed by atoms with van der Waals surface area (Å²) in [7, 11) is -1.59. The Morgan fingerprint density at radius 3 is 2.46 bits per heavy atom. The van der Waals surface area contributed by atoms with Gasteiger partial charge in [-0.2, -0.15) is 0 Å². The molecule has 41 heavy (non-hydrogen) atoms. The Kier molecular flexibility index (Phi) is 9.32. The lowest BCUT2D eigenvalue weighted by Gasteiger charge is -2.44. The third-order valence-electron chi connectivity index (χ3n) is 8.12. The number of amides is 2. The number of benzene rings is 2. The lowest BCUT2D eigenvalue weighted by Crippen LogP contribution is -2.53. The van der Waals surface area contributed by atoms with Gasteiger partial charge in [-0.05, 0) is 82.8 Å². The van der Waals surface area contributed by atoms with E-state index in [2.05, 4.69) is 28.8 Å². The Labute approximate surface area is 238 Å². The molecule has 0 spiro atoms. The third-order valence-corrected chi connectivity index (χ3v) is 9.97. The Balaban J connectivity index is 1.49. The second kappa shape index (κ2) is 12.4. The van der Waals surface area contributed by atoms with E-state index in [1.165, 1.54) is 12.1 Å². The molecule has 1 heterocycles. The molecule has 1 aliphatic carbocycles. The minimum atomic E-state index is -4.90. The molecule has 1 saturated heterocycles. The fourth-order valence-electron chi connectivity index (χ4n) is 5.85. The maximum absolute atomic E-state index is 13.5. The first kappa shape index (κ1) is 30.8. The van der Waals surface area contributed by atoms with Crippen LogP contribution in [-0.4, -0.2) is 79.9 Å². The molecule has 1 unspecified atom stereocenters. The molecule has 4 atom stereocenters. The van der Waals surface area contributed by atoms with Crippen molar-refractivity contribution in [2.24, 2.45) is 5.92 Å². The first-order valence-electron chi connectivity index (χ1n) is 13.7. The molecular weight excluding hydrogens is 559 g/mol. The smallest absolute Gasteiger partial charge is 0.406 e. The van der Waals surface area contributed by atoms with Gasteiger partial charge >= 0.3 is 6.36 Å². The predicted molar refractivity (Wildman–Crippen MR) is 147 cm³/mol. The topological polar surface area (TPSA) is 96.0 Å². The van der Waals surface area contributed by atoms with E-state index in [1.807, 2.05) is 7.05 Å². The largest absolute Gasteiger partial charge is 0.573 e. The van der Waals surface area contributed by atoms with E-state index in [4.69, 9.17) is 0 Å². The quantitative estimate of drug-likeness (QED) is 0.466. The normalized spacial score (nSPS) is 23.7. The number of likely N-dealkylation sites (tertiary alicyclic amines) is 1. The van der Waals surface area contributed by atoms with Crippen molar-refractivity contribution in [1.29, 1.82) is 0 Å². The van der Waals surface area contributed by atoms with Crippen LogP contribution in [0.2, 0.25) is 0 Å². The van der Waals surface area contributed by atoms with E-state index in [0.717, 1.165) is 18.6 Å². The number of alkyl halides is 3. The lowest BCUT2D eigenvalue weighted by atomic mass is 9.81. The Bertz CT molecular complexity index is 1340. The molecule has 8 nitrogen and oxygen atoms in total. The third kappa shape index (κ3) is 7.59. The van der Waals surface area contributed by atoms with Crippen molar-refractivity contribution < 1.29 is 35.9 Å². The average Bonchev–Trinajstić information content (AvgIpc) is 3.27. The summed E-state index contributed by atoms with van der Waals surface area (Å²) in [5.41, 5.74) is -0.0675. The van der Waals surface area contributed by atoms with E-state index < -0.39 is 33.9 Å². The van der Waals surface area contributed by atoms with Gasteiger partial charge in [-0.25, -0.2) is 8.42 Å². The number of hydrogen-bond donors (Lipinski definition) is 1. The number of nitrogens with one attached hydrogen (secondary N) is 1. The summed E-state index contributed by atoms with van der Waals surface area (Å²) in [6, 6.07) is 12.2. The van der Waals surface area contributed by atoms with Gasteiger partial charge in [0.2, 0.25) is 5.91 Å². The first-order valence-corrected chi connectivity index (χ1v) is 15.4. The average molecular weight is 596 g/mol. The number of sulfone groups is 1. The van der Waals surface area contributed by atoms with Crippen LogP contribution >= 0.6 is 0 Å². The van der Waals surface area contributed by atoms with Crippen LogP contribution in [0.5, 0.6) is 5.75 Å². The minimum Gasteiger partial charge on any atom is -0.406 e. The Morgan fingerprint density at radius 1 is 1.10 bits per heavy atom. The van der Waals surface area contributed by atoms with Gasteiger partial charge in [0.05, 0.1) is 10.6 Å². The zero-order valence-corrected chi connectivity index (χ0v) is 24.1. The molecule has 2 aromatic rings. The van der Waals surface area contributed by atoms with E-state index in [-0.39, 0.29) is 46.2 Å². The van der Waals surface area contributed by atoms with Crippen LogP contribution in [0.25, 0.3) is 0 Å². The van der Waals surface area contributed by atoms with Gasteiger partial charge in [0.15, 0.2) is 9.84 Å². The first-order chi connectivity index (χ1) is 19.2. The standard InChI is InChI=1S/C29H36F3N3O5S/c1-19(2)34(3)22-12-13-26(21(16-22)18-41(38,39)24-10-5-4-6-11-24)35-15-14-25(28(35)37)33-27(36)20-8-7-9-23(17-20)40-29(30,31)32/h4-11,17,19,21-22,25-26H,12-16,18H2,1-3H3,(H,33,36)/t21-,22+,25?,26-/m0/s1. The van der Waals surface area contributed by atoms with Crippen molar-refractivity contribution >= 4 is 21.7 Å². The fourth-order valence-corrected chi connectivity index (χ4v) is 7.54. The van der Waals surface area contributed by atoms with Gasteiger partial charge < -0.3 is 19.9 Å². The zero-order chi connectivity index (χ0) is 29.9. The summed E-state index contributed by atoms with van der Waals surface area (Å²) < 4.78 is 68.4. The molecule has 224 valence electrons. The SMILES string of the molecule is CC(C)N(C)[C@@H]1CC[C@H](N2CCC(NC(=O)c3cccc(OC(F)(F)F)c3)C2=O)[C@H](CS(=O)(=O)c2ccccc2)C1. The van der Waals surface area contributed by atoms with E-state index in [0.29, 0.717) is 25.8 Å². The van der Waals surface area contributed by atoms with E-state index >= 15 is 0 Å². The molecule has 2 aliphatic rings. The Morgan fingerprint density at radius 2 is 1.80 bits per heavy atom. The highest BCUT2D eigenvalue weighted by Crippen LogP contribution is 2.36. The van der Waals surface area contributed by atoms with Crippen molar-refractivity contribution in [3.8, 4) is 5.75 Å². The molecule has 4 rings (SSSR count). The van der Waals surface area contributed by atoms with Crippen molar-refractivity contribution in [3.05, 3.63) is 60.2 Å². The summed E-state index contributed by atoms with van der Waals surface area (Å²) in [6.07, 6.45) is -2.55. The summed E-state index contributed by atoms with van der Waals surface area (Å²) in [5.74, 6) is -1.95.